The predicted octanol–water partition coefficient (Wildman–Crippen LogP) is 3.73. The number of nitrogens with one attached hydrogen (secondary N) is 1. The Labute approximate surface area is 116 Å². The Kier molecular flexibility index (Phi) is 8.43. The Morgan fingerprint density at radius 3 is 2.74 bits per heavy atom. The standard InChI is InChI=1S/C16H26FNO/c1-3-11-18-13-14(8-7-12-19-4-2)15-9-5-6-10-16(15)17/h5-6,9-10,14,18H,3-4,7-8,11-13H2,1-2H3. The number of halogens is 1. The summed E-state index contributed by atoms with van der Waals surface area (Å²) in [4.78, 5) is 0. The number of rotatable bonds is 10. The Hall–Kier alpha value is -0.930. The van der Waals surface area contributed by atoms with Crippen molar-refractivity contribution in [1.29, 1.82) is 0 Å². The van der Waals surface area contributed by atoms with Crippen LogP contribution in [0.1, 0.15) is 44.6 Å². The van der Waals surface area contributed by atoms with E-state index < -0.39 is 0 Å². The van der Waals surface area contributed by atoms with Gasteiger partial charge >= 0.3 is 0 Å². The van der Waals surface area contributed by atoms with Crippen LogP contribution in [0, 0.1) is 5.82 Å². The van der Waals surface area contributed by atoms with Crippen molar-refractivity contribution in [2.45, 2.75) is 39.0 Å². The van der Waals surface area contributed by atoms with Gasteiger partial charge in [0, 0.05) is 19.8 Å². The molecule has 1 N–H and O–H groups in total. The molecule has 108 valence electrons. The van der Waals surface area contributed by atoms with Gasteiger partial charge < -0.3 is 10.1 Å². The summed E-state index contributed by atoms with van der Waals surface area (Å²) in [5, 5.41) is 3.39. The molecular formula is C16H26FNO. The van der Waals surface area contributed by atoms with Crippen LogP contribution in [0.4, 0.5) is 4.39 Å². The van der Waals surface area contributed by atoms with Gasteiger partial charge in [0.2, 0.25) is 0 Å². The molecule has 0 saturated carbocycles. The SMILES string of the molecule is CCCNCC(CCCOCC)c1ccccc1F. The molecule has 0 fully saturated rings. The second-order valence-corrected chi connectivity index (χ2v) is 4.76. The third-order valence-corrected chi connectivity index (χ3v) is 3.21. The predicted molar refractivity (Wildman–Crippen MR) is 78.0 cm³/mol. The van der Waals surface area contributed by atoms with Crippen molar-refractivity contribution in [1.82, 2.24) is 5.32 Å². The molecule has 0 spiro atoms. The molecule has 0 heterocycles. The maximum absolute atomic E-state index is 13.9. The van der Waals surface area contributed by atoms with Crippen molar-refractivity contribution >= 4 is 0 Å². The van der Waals surface area contributed by atoms with Crippen molar-refractivity contribution in [2.75, 3.05) is 26.3 Å². The van der Waals surface area contributed by atoms with Crippen LogP contribution in [0.5, 0.6) is 0 Å². The highest BCUT2D eigenvalue weighted by Gasteiger charge is 2.14. The molecule has 0 bridgehead atoms. The van der Waals surface area contributed by atoms with Gasteiger partial charge in [-0.15, -0.1) is 0 Å². The van der Waals surface area contributed by atoms with E-state index in [-0.39, 0.29) is 11.7 Å². The molecule has 19 heavy (non-hydrogen) atoms. The van der Waals surface area contributed by atoms with Crippen LogP contribution in [-0.2, 0) is 4.74 Å². The lowest BCUT2D eigenvalue weighted by Gasteiger charge is -2.18. The van der Waals surface area contributed by atoms with E-state index in [0.717, 1.165) is 51.1 Å². The van der Waals surface area contributed by atoms with Crippen LogP contribution in [0.15, 0.2) is 24.3 Å². The summed E-state index contributed by atoms with van der Waals surface area (Å²) in [6.07, 6.45) is 3.03. The minimum absolute atomic E-state index is 0.0952. The van der Waals surface area contributed by atoms with Gasteiger partial charge in [-0.3, -0.25) is 0 Å². The van der Waals surface area contributed by atoms with Crippen molar-refractivity contribution < 1.29 is 9.13 Å². The molecule has 0 aliphatic carbocycles. The molecule has 0 amide bonds. The first kappa shape index (κ1) is 16.1. The third kappa shape index (κ3) is 6.17. The van der Waals surface area contributed by atoms with E-state index >= 15 is 0 Å². The van der Waals surface area contributed by atoms with Gasteiger partial charge in [-0.25, -0.2) is 4.39 Å². The average molecular weight is 267 g/mol. The average Bonchev–Trinajstić information content (AvgIpc) is 2.42. The van der Waals surface area contributed by atoms with E-state index in [0.29, 0.717) is 0 Å². The lowest BCUT2D eigenvalue weighted by molar-refractivity contribution is 0.141. The highest BCUT2D eigenvalue weighted by atomic mass is 19.1. The topological polar surface area (TPSA) is 21.3 Å². The molecule has 2 nitrogen and oxygen atoms in total. The maximum atomic E-state index is 13.9. The van der Waals surface area contributed by atoms with E-state index in [1.54, 1.807) is 12.1 Å². The fourth-order valence-corrected chi connectivity index (χ4v) is 2.20. The Morgan fingerprint density at radius 1 is 1.26 bits per heavy atom. The molecule has 1 aromatic carbocycles. The summed E-state index contributed by atoms with van der Waals surface area (Å²) in [5.74, 6) is 0.135. The molecule has 1 atom stereocenters. The Balaban J connectivity index is 2.55. The molecule has 0 aromatic heterocycles. The second-order valence-electron chi connectivity index (χ2n) is 4.76. The normalized spacial score (nSPS) is 12.6. The molecule has 0 aliphatic rings. The van der Waals surface area contributed by atoms with Crippen LogP contribution >= 0.6 is 0 Å². The summed E-state index contributed by atoms with van der Waals surface area (Å²) < 4.78 is 19.2. The van der Waals surface area contributed by atoms with Crippen molar-refractivity contribution in [2.24, 2.45) is 0 Å². The Morgan fingerprint density at radius 2 is 2.05 bits per heavy atom. The first-order valence-corrected chi connectivity index (χ1v) is 7.32. The van der Waals surface area contributed by atoms with Gasteiger partial charge in [0.05, 0.1) is 0 Å². The van der Waals surface area contributed by atoms with E-state index in [4.69, 9.17) is 4.74 Å². The van der Waals surface area contributed by atoms with E-state index in [1.807, 2.05) is 19.1 Å². The lowest BCUT2D eigenvalue weighted by atomic mass is 9.93. The fourth-order valence-electron chi connectivity index (χ4n) is 2.20. The quantitative estimate of drug-likeness (QED) is 0.652. The van der Waals surface area contributed by atoms with Crippen molar-refractivity contribution in [3.63, 3.8) is 0 Å². The van der Waals surface area contributed by atoms with Crippen molar-refractivity contribution in [3.8, 4) is 0 Å². The highest BCUT2D eigenvalue weighted by molar-refractivity contribution is 5.22. The maximum Gasteiger partial charge on any atom is 0.126 e. The molecule has 1 unspecified atom stereocenters. The van der Waals surface area contributed by atoms with Crippen LogP contribution in [0.25, 0.3) is 0 Å². The molecule has 1 aromatic rings. The minimum Gasteiger partial charge on any atom is -0.382 e. The fraction of sp³-hybridized carbons (Fsp3) is 0.625. The van der Waals surface area contributed by atoms with Gasteiger partial charge in [0.1, 0.15) is 5.82 Å². The summed E-state index contributed by atoms with van der Waals surface area (Å²) in [6, 6.07) is 7.10. The monoisotopic (exact) mass is 267 g/mol. The zero-order valence-electron chi connectivity index (χ0n) is 12.1. The molecule has 0 saturated heterocycles. The summed E-state index contributed by atoms with van der Waals surface area (Å²) in [5.41, 5.74) is 0.822. The Bertz CT molecular complexity index is 343. The zero-order chi connectivity index (χ0) is 13.9. The lowest BCUT2D eigenvalue weighted by Crippen LogP contribution is -2.23. The smallest absolute Gasteiger partial charge is 0.126 e. The first-order valence-electron chi connectivity index (χ1n) is 7.32. The van der Waals surface area contributed by atoms with Gasteiger partial charge in [-0.05, 0) is 50.3 Å². The van der Waals surface area contributed by atoms with Gasteiger partial charge in [-0.1, -0.05) is 25.1 Å². The summed E-state index contributed by atoms with van der Waals surface area (Å²) >= 11 is 0. The van der Waals surface area contributed by atoms with E-state index in [9.17, 15) is 4.39 Å². The van der Waals surface area contributed by atoms with E-state index in [1.165, 1.54) is 0 Å². The van der Waals surface area contributed by atoms with E-state index in [2.05, 4.69) is 12.2 Å². The number of ether oxygens (including phenoxy) is 1. The van der Waals surface area contributed by atoms with Gasteiger partial charge in [0.25, 0.3) is 0 Å². The summed E-state index contributed by atoms with van der Waals surface area (Å²) in [6.45, 7) is 7.46. The van der Waals surface area contributed by atoms with Gasteiger partial charge in [0.15, 0.2) is 0 Å². The van der Waals surface area contributed by atoms with Crippen LogP contribution in [0.2, 0.25) is 0 Å². The highest BCUT2D eigenvalue weighted by Crippen LogP contribution is 2.23. The molecule has 3 heteroatoms. The first-order chi connectivity index (χ1) is 9.29. The van der Waals surface area contributed by atoms with Gasteiger partial charge in [-0.2, -0.15) is 0 Å². The molecule has 0 radical (unpaired) electrons. The summed E-state index contributed by atoms with van der Waals surface area (Å²) in [7, 11) is 0. The zero-order valence-corrected chi connectivity index (χ0v) is 12.1. The largest absolute Gasteiger partial charge is 0.382 e. The molecule has 1 rings (SSSR count). The molecular weight excluding hydrogens is 241 g/mol. The van der Waals surface area contributed by atoms with Crippen LogP contribution in [0.3, 0.4) is 0 Å². The van der Waals surface area contributed by atoms with Crippen molar-refractivity contribution in [3.05, 3.63) is 35.6 Å². The number of hydrogen-bond donors (Lipinski definition) is 1. The second kappa shape index (κ2) is 9.93. The molecule has 0 aliphatic heterocycles. The van der Waals surface area contributed by atoms with Crippen LogP contribution < -0.4 is 5.32 Å². The number of benzene rings is 1. The third-order valence-electron chi connectivity index (χ3n) is 3.21. The number of hydrogen-bond acceptors (Lipinski definition) is 2. The van der Waals surface area contributed by atoms with Crippen LogP contribution in [-0.4, -0.2) is 26.3 Å². The minimum atomic E-state index is -0.0952.